The molecule has 0 saturated carbocycles. The van der Waals surface area contributed by atoms with Crippen LogP contribution < -0.4 is 5.36 Å². The highest BCUT2D eigenvalue weighted by atomic mass is 16.4. The number of rotatable bonds is 0. The third kappa shape index (κ3) is 0.621. The van der Waals surface area contributed by atoms with Gasteiger partial charge in [-0.25, -0.2) is 4.52 Å². The zero-order valence-corrected chi connectivity index (χ0v) is 5.11. The van der Waals surface area contributed by atoms with Crippen molar-refractivity contribution in [2.24, 2.45) is 0 Å². The van der Waals surface area contributed by atoms with Crippen LogP contribution in [0.25, 0.3) is 5.71 Å². The van der Waals surface area contributed by atoms with Crippen LogP contribution in [0.5, 0.6) is 0 Å². The van der Waals surface area contributed by atoms with E-state index < -0.39 is 0 Å². The number of pyridine rings is 1. The maximum absolute atomic E-state index is 7.21. The van der Waals surface area contributed by atoms with Gasteiger partial charge in [-0.2, -0.15) is 0 Å². The van der Waals surface area contributed by atoms with E-state index in [1.165, 1.54) is 6.39 Å². The number of nitrogens with zero attached hydrogens (tertiary/aromatic N) is 2. The Bertz CT molecular complexity index is 400. The summed E-state index contributed by atoms with van der Waals surface area (Å²) in [5, 5.41) is 11.5. The summed E-state index contributed by atoms with van der Waals surface area (Å²) in [4.78, 5) is 0. The van der Waals surface area contributed by atoms with Gasteiger partial charge in [0.1, 0.15) is 0 Å². The maximum atomic E-state index is 7.21. The maximum Gasteiger partial charge on any atom is 0.224 e. The fourth-order valence-corrected chi connectivity index (χ4v) is 0.783. The molecular weight excluding hydrogens is 130 g/mol. The standard InChI is InChI=1S/C6H5N3O/c7-5-1-2-9-6(3-5)10-4-8-9/h1-4,7H. The molecule has 0 aromatic carbocycles. The summed E-state index contributed by atoms with van der Waals surface area (Å²) >= 11 is 0. The van der Waals surface area contributed by atoms with Gasteiger partial charge in [-0.3, -0.25) is 0 Å². The highest BCUT2D eigenvalue weighted by Crippen LogP contribution is 1.94. The summed E-state index contributed by atoms with van der Waals surface area (Å²) in [5.41, 5.74) is 0.590. The van der Waals surface area contributed by atoms with Crippen molar-refractivity contribution in [1.82, 2.24) is 9.61 Å². The Kier molecular flexibility index (Phi) is 0.887. The first kappa shape index (κ1) is 5.22. The van der Waals surface area contributed by atoms with Gasteiger partial charge in [0.2, 0.25) is 12.1 Å². The van der Waals surface area contributed by atoms with Crippen LogP contribution in [0, 0.1) is 5.41 Å². The lowest BCUT2D eigenvalue weighted by molar-refractivity contribution is 0.599. The molecule has 0 unspecified atom stereocenters. The van der Waals surface area contributed by atoms with Crippen LogP contribution in [0.4, 0.5) is 0 Å². The molecule has 2 rings (SSSR count). The van der Waals surface area contributed by atoms with Crippen molar-refractivity contribution in [3.63, 3.8) is 0 Å². The number of fused-ring (bicyclic) bond motifs is 1. The Morgan fingerprint density at radius 3 is 3.40 bits per heavy atom. The molecule has 0 bridgehead atoms. The minimum absolute atomic E-state index is 0.428. The van der Waals surface area contributed by atoms with E-state index >= 15 is 0 Å². The lowest BCUT2D eigenvalue weighted by atomic mass is 10.5. The normalized spacial score (nSPS) is 10.4. The van der Waals surface area contributed by atoms with Crippen LogP contribution in [0.3, 0.4) is 0 Å². The van der Waals surface area contributed by atoms with Crippen molar-refractivity contribution >= 4 is 5.71 Å². The van der Waals surface area contributed by atoms with Gasteiger partial charge in [0, 0.05) is 12.3 Å². The Hall–Kier alpha value is -1.58. The predicted molar refractivity (Wildman–Crippen MR) is 33.3 cm³/mol. The molecule has 4 heteroatoms. The molecule has 0 radical (unpaired) electrons. The first-order valence-electron chi connectivity index (χ1n) is 2.83. The smallest absolute Gasteiger partial charge is 0.224 e. The monoisotopic (exact) mass is 135 g/mol. The topological polar surface area (TPSA) is 54.3 Å². The SMILES string of the molecule is N=c1ccn2ncoc2c1. The highest BCUT2D eigenvalue weighted by molar-refractivity contribution is 5.29. The second kappa shape index (κ2) is 1.70. The van der Waals surface area contributed by atoms with Crippen molar-refractivity contribution in [3.8, 4) is 0 Å². The van der Waals surface area contributed by atoms with Gasteiger partial charge in [0.15, 0.2) is 0 Å². The van der Waals surface area contributed by atoms with Crippen molar-refractivity contribution in [2.45, 2.75) is 0 Å². The van der Waals surface area contributed by atoms with Crippen molar-refractivity contribution in [2.75, 3.05) is 0 Å². The Morgan fingerprint density at radius 2 is 2.50 bits per heavy atom. The average Bonchev–Trinajstić information content (AvgIpc) is 2.33. The fraction of sp³-hybridized carbons (Fsp3) is 0. The van der Waals surface area contributed by atoms with E-state index in [0.717, 1.165) is 0 Å². The quantitative estimate of drug-likeness (QED) is 0.568. The van der Waals surface area contributed by atoms with E-state index in [1.54, 1.807) is 22.8 Å². The molecule has 0 atom stereocenters. The summed E-state index contributed by atoms with van der Waals surface area (Å²) in [7, 11) is 0. The molecule has 0 aliphatic carbocycles. The van der Waals surface area contributed by atoms with E-state index in [2.05, 4.69) is 5.10 Å². The van der Waals surface area contributed by atoms with Crippen LogP contribution in [0.15, 0.2) is 29.1 Å². The highest BCUT2D eigenvalue weighted by Gasteiger charge is 1.91. The van der Waals surface area contributed by atoms with Gasteiger partial charge in [-0.15, -0.1) is 5.10 Å². The lowest BCUT2D eigenvalue weighted by Crippen LogP contribution is -1.98. The molecule has 0 fully saturated rings. The van der Waals surface area contributed by atoms with E-state index in [1.807, 2.05) is 0 Å². The summed E-state index contributed by atoms with van der Waals surface area (Å²) in [6.45, 7) is 0. The molecule has 0 saturated heterocycles. The molecule has 2 aromatic heterocycles. The third-order valence-electron chi connectivity index (χ3n) is 1.25. The molecule has 0 aliphatic rings. The Morgan fingerprint density at radius 1 is 1.60 bits per heavy atom. The van der Waals surface area contributed by atoms with Gasteiger partial charge in [0.05, 0.1) is 5.36 Å². The lowest BCUT2D eigenvalue weighted by Gasteiger charge is -1.84. The fourth-order valence-electron chi connectivity index (χ4n) is 0.783. The van der Waals surface area contributed by atoms with Crippen LogP contribution in [-0.4, -0.2) is 9.61 Å². The van der Waals surface area contributed by atoms with Gasteiger partial charge < -0.3 is 9.83 Å². The van der Waals surface area contributed by atoms with Crippen molar-refractivity contribution in [3.05, 3.63) is 30.1 Å². The van der Waals surface area contributed by atoms with Crippen molar-refractivity contribution < 1.29 is 4.42 Å². The van der Waals surface area contributed by atoms with Crippen molar-refractivity contribution in [1.29, 1.82) is 5.41 Å². The largest absolute Gasteiger partial charge is 0.426 e. The molecule has 0 spiro atoms. The predicted octanol–water partition coefficient (Wildman–Crippen LogP) is 0.407. The molecule has 0 amide bonds. The molecule has 0 aliphatic heterocycles. The zero-order valence-electron chi connectivity index (χ0n) is 5.11. The van der Waals surface area contributed by atoms with Crippen LogP contribution >= 0.6 is 0 Å². The van der Waals surface area contributed by atoms with Crippen LogP contribution in [0.2, 0.25) is 0 Å². The van der Waals surface area contributed by atoms with E-state index in [-0.39, 0.29) is 0 Å². The number of nitrogens with one attached hydrogen (secondary N) is 1. The van der Waals surface area contributed by atoms with Crippen LogP contribution in [-0.2, 0) is 0 Å². The second-order valence-corrected chi connectivity index (χ2v) is 1.94. The average molecular weight is 135 g/mol. The molecule has 1 N–H and O–H groups in total. The third-order valence-corrected chi connectivity index (χ3v) is 1.25. The minimum atomic E-state index is 0.428. The van der Waals surface area contributed by atoms with E-state index in [0.29, 0.717) is 11.1 Å². The van der Waals surface area contributed by atoms with E-state index in [4.69, 9.17) is 9.83 Å². The summed E-state index contributed by atoms with van der Waals surface area (Å²) in [6, 6.07) is 3.25. The summed E-state index contributed by atoms with van der Waals surface area (Å²) in [5.74, 6) is 0. The molecule has 50 valence electrons. The molecule has 4 nitrogen and oxygen atoms in total. The molecule has 2 aromatic rings. The first-order chi connectivity index (χ1) is 4.86. The minimum Gasteiger partial charge on any atom is -0.426 e. The van der Waals surface area contributed by atoms with Gasteiger partial charge in [-0.05, 0) is 6.07 Å². The summed E-state index contributed by atoms with van der Waals surface area (Å²) in [6.07, 6.45) is 3.02. The van der Waals surface area contributed by atoms with Gasteiger partial charge in [0.25, 0.3) is 0 Å². The van der Waals surface area contributed by atoms with Crippen LogP contribution in [0.1, 0.15) is 0 Å². The first-order valence-corrected chi connectivity index (χ1v) is 2.83. The van der Waals surface area contributed by atoms with Gasteiger partial charge >= 0.3 is 0 Å². The zero-order chi connectivity index (χ0) is 6.97. The number of aromatic nitrogens is 2. The van der Waals surface area contributed by atoms with E-state index in [9.17, 15) is 0 Å². The van der Waals surface area contributed by atoms with Gasteiger partial charge in [-0.1, -0.05) is 0 Å². The number of hydrogen-bond acceptors (Lipinski definition) is 3. The molecule has 2 heterocycles. The number of hydrogen-bond donors (Lipinski definition) is 1. The second-order valence-electron chi connectivity index (χ2n) is 1.94. The molecular formula is C6H5N3O. The Labute approximate surface area is 56.2 Å². The summed E-state index contributed by atoms with van der Waals surface area (Å²) < 4.78 is 6.50. The Balaban J connectivity index is 2.99. The molecule has 10 heavy (non-hydrogen) atoms.